The molecule has 3 nitrogen and oxygen atoms in total. The second-order valence-corrected chi connectivity index (χ2v) is 5.48. The Labute approximate surface area is 107 Å². The van der Waals surface area contributed by atoms with Gasteiger partial charge in [-0.05, 0) is 19.7 Å². The Morgan fingerprint density at radius 3 is 2.53 bits per heavy atom. The number of hydrogen-bond acceptors (Lipinski definition) is 3. The van der Waals surface area contributed by atoms with E-state index in [2.05, 4.69) is 4.90 Å². The number of carboxylic acid groups (broad SMARTS) is 1. The second-order valence-electron chi connectivity index (χ2n) is 4.17. The van der Waals surface area contributed by atoms with Gasteiger partial charge in [0.25, 0.3) is 0 Å². The molecule has 1 rings (SSSR count). The Kier molecular flexibility index (Phi) is 6.08. The predicted molar refractivity (Wildman–Crippen MR) is 72.4 cm³/mol. The predicted octanol–water partition coefficient (Wildman–Crippen LogP) is 2.50. The molecule has 4 heteroatoms. The molecule has 1 atom stereocenters. The molecule has 0 fully saturated rings. The molecule has 17 heavy (non-hydrogen) atoms. The lowest BCUT2D eigenvalue weighted by molar-refractivity contribution is -0.137. The summed E-state index contributed by atoms with van der Waals surface area (Å²) in [5.74, 6) is 0.205. The van der Waals surface area contributed by atoms with Gasteiger partial charge in [0.05, 0.1) is 6.42 Å². The highest BCUT2D eigenvalue weighted by atomic mass is 32.2. The van der Waals surface area contributed by atoms with Crippen LogP contribution < -0.4 is 0 Å². The van der Waals surface area contributed by atoms with E-state index in [1.54, 1.807) is 11.8 Å². The highest BCUT2D eigenvalue weighted by molar-refractivity contribution is 7.99. The third-order valence-corrected chi connectivity index (χ3v) is 3.65. The summed E-state index contributed by atoms with van der Waals surface area (Å²) in [6.45, 7) is 0.966. The fraction of sp³-hybridized carbons (Fsp3) is 0.462. The molecule has 94 valence electrons. The van der Waals surface area contributed by atoms with Crippen LogP contribution in [0.4, 0.5) is 0 Å². The van der Waals surface area contributed by atoms with Gasteiger partial charge >= 0.3 is 5.97 Å². The van der Waals surface area contributed by atoms with Crippen molar-refractivity contribution in [2.75, 3.05) is 26.4 Å². The molecular weight excluding hydrogens is 234 g/mol. The highest BCUT2D eigenvalue weighted by Crippen LogP contribution is 2.31. The van der Waals surface area contributed by atoms with Gasteiger partial charge in [0.2, 0.25) is 0 Å². The third kappa shape index (κ3) is 5.75. The standard InChI is InChI=1S/C13H19NO2S/c1-14(2)8-9-17-12(10-13(15)16)11-6-4-3-5-7-11/h3-7,12H,8-10H2,1-2H3,(H,15,16). The Morgan fingerprint density at radius 1 is 1.35 bits per heavy atom. The zero-order valence-electron chi connectivity index (χ0n) is 10.3. The molecule has 0 aromatic heterocycles. The monoisotopic (exact) mass is 253 g/mol. The molecule has 0 aliphatic heterocycles. The van der Waals surface area contributed by atoms with Crippen molar-refractivity contribution < 1.29 is 9.90 Å². The van der Waals surface area contributed by atoms with Crippen LogP contribution in [0.5, 0.6) is 0 Å². The number of thioether (sulfide) groups is 1. The van der Waals surface area contributed by atoms with Crippen molar-refractivity contribution in [1.82, 2.24) is 4.90 Å². The fourth-order valence-corrected chi connectivity index (χ4v) is 2.84. The van der Waals surface area contributed by atoms with Crippen LogP contribution in [0.15, 0.2) is 30.3 Å². The lowest BCUT2D eigenvalue weighted by Gasteiger charge is -2.16. The summed E-state index contributed by atoms with van der Waals surface area (Å²) in [7, 11) is 4.05. The Morgan fingerprint density at radius 2 is 2.00 bits per heavy atom. The topological polar surface area (TPSA) is 40.5 Å². The minimum atomic E-state index is -0.740. The lowest BCUT2D eigenvalue weighted by Crippen LogP contribution is -2.16. The van der Waals surface area contributed by atoms with E-state index in [9.17, 15) is 4.79 Å². The van der Waals surface area contributed by atoms with Crippen LogP contribution in [-0.2, 0) is 4.79 Å². The SMILES string of the molecule is CN(C)CCSC(CC(=O)O)c1ccccc1. The van der Waals surface area contributed by atoms with Crippen molar-refractivity contribution in [3.05, 3.63) is 35.9 Å². The van der Waals surface area contributed by atoms with Gasteiger partial charge in [-0.3, -0.25) is 4.79 Å². The Bertz CT molecular complexity index is 341. The van der Waals surface area contributed by atoms with Crippen LogP contribution in [0.25, 0.3) is 0 Å². The number of aliphatic carboxylic acids is 1. The zero-order chi connectivity index (χ0) is 12.7. The zero-order valence-corrected chi connectivity index (χ0v) is 11.1. The van der Waals surface area contributed by atoms with Crippen LogP contribution in [0.3, 0.4) is 0 Å². The van der Waals surface area contributed by atoms with Gasteiger partial charge in [-0.15, -0.1) is 0 Å². The van der Waals surface area contributed by atoms with Gasteiger partial charge in [0.15, 0.2) is 0 Å². The highest BCUT2D eigenvalue weighted by Gasteiger charge is 2.15. The normalized spacial score (nSPS) is 12.6. The first-order valence-corrected chi connectivity index (χ1v) is 6.67. The summed E-state index contributed by atoms with van der Waals surface area (Å²) in [6, 6.07) is 9.85. The molecule has 0 aliphatic rings. The van der Waals surface area contributed by atoms with E-state index in [1.165, 1.54) is 0 Å². The summed E-state index contributed by atoms with van der Waals surface area (Å²) in [4.78, 5) is 13.0. The maximum atomic E-state index is 10.9. The van der Waals surface area contributed by atoms with E-state index in [0.717, 1.165) is 17.9 Å². The van der Waals surface area contributed by atoms with Crippen LogP contribution >= 0.6 is 11.8 Å². The van der Waals surface area contributed by atoms with Crippen molar-refractivity contribution in [1.29, 1.82) is 0 Å². The minimum absolute atomic E-state index is 0.0497. The molecule has 0 saturated heterocycles. The first-order chi connectivity index (χ1) is 8.09. The van der Waals surface area contributed by atoms with Crippen molar-refractivity contribution in [3.63, 3.8) is 0 Å². The molecule has 0 amide bonds. The van der Waals surface area contributed by atoms with Gasteiger partial charge in [0.1, 0.15) is 0 Å². The number of benzene rings is 1. The van der Waals surface area contributed by atoms with Gasteiger partial charge in [-0.1, -0.05) is 30.3 Å². The van der Waals surface area contributed by atoms with Gasteiger partial charge in [-0.2, -0.15) is 11.8 Å². The summed E-state index contributed by atoms with van der Waals surface area (Å²) in [5, 5.41) is 8.98. The minimum Gasteiger partial charge on any atom is -0.481 e. The van der Waals surface area contributed by atoms with Crippen molar-refractivity contribution in [2.45, 2.75) is 11.7 Å². The molecule has 1 unspecified atom stereocenters. The maximum Gasteiger partial charge on any atom is 0.304 e. The van der Waals surface area contributed by atoms with E-state index < -0.39 is 5.97 Å². The molecule has 0 heterocycles. The van der Waals surface area contributed by atoms with Crippen LogP contribution in [0, 0.1) is 0 Å². The third-order valence-electron chi connectivity index (χ3n) is 2.39. The first-order valence-electron chi connectivity index (χ1n) is 5.62. The molecule has 0 aliphatic carbocycles. The molecule has 0 spiro atoms. The lowest BCUT2D eigenvalue weighted by atomic mass is 10.1. The smallest absolute Gasteiger partial charge is 0.304 e. The molecule has 1 N–H and O–H groups in total. The van der Waals surface area contributed by atoms with Crippen molar-refractivity contribution >= 4 is 17.7 Å². The Balaban J connectivity index is 2.58. The molecule has 0 saturated carbocycles. The van der Waals surface area contributed by atoms with E-state index in [-0.39, 0.29) is 11.7 Å². The number of carboxylic acids is 1. The van der Waals surface area contributed by atoms with E-state index in [1.807, 2.05) is 44.4 Å². The summed E-state index contributed by atoms with van der Waals surface area (Å²) >= 11 is 1.71. The van der Waals surface area contributed by atoms with Gasteiger partial charge in [-0.25, -0.2) is 0 Å². The van der Waals surface area contributed by atoms with E-state index in [0.29, 0.717) is 0 Å². The van der Waals surface area contributed by atoms with Crippen molar-refractivity contribution in [2.24, 2.45) is 0 Å². The number of rotatable bonds is 7. The first kappa shape index (κ1) is 14.1. The maximum absolute atomic E-state index is 10.9. The second kappa shape index (κ2) is 7.35. The van der Waals surface area contributed by atoms with Crippen LogP contribution in [0.2, 0.25) is 0 Å². The quantitative estimate of drug-likeness (QED) is 0.810. The van der Waals surface area contributed by atoms with Gasteiger partial charge in [0, 0.05) is 17.5 Å². The molecule has 0 radical (unpaired) electrons. The summed E-state index contributed by atoms with van der Waals surface area (Å²) < 4.78 is 0. The van der Waals surface area contributed by atoms with Crippen LogP contribution in [-0.4, -0.2) is 42.4 Å². The average molecular weight is 253 g/mol. The molecule has 0 bridgehead atoms. The fourth-order valence-electron chi connectivity index (χ4n) is 1.48. The van der Waals surface area contributed by atoms with Crippen LogP contribution in [0.1, 0.15) is 17.2 Å². The van der Waals surface area contributed by atoms with E-state index in [4.69, 9.17) is 5.11 Å². The number of nitrogens with zero attached hydrogens (tertiary/aromatic N) is 1. The molecule has 1 aromatic rings. The number of carbonyl (C=O) groups is 1. The molecule has 1 aromatic carbocycles. The number of hydrogen-bond donors (Lipinski definition) is 1. The average Bonchev–Trinajstić information content (AvgIpc) is 2.28. The summed E-state index contributed by atoms with van der Waals surface area (Å²) in [6.07, 6.45) is 0.183. The summed E-state index contributed by atoms with van der Waals surface area (Å²) in [5.41, 5.74) is 1.10. The Hall–Kier alpha value is -1.00. The van der Waals surface area contributed by atoms with E-state index >= 15 is 0 Å². The van der Waals surface area contributed by atoms with Crippen molar-refractivity contribution in [3.8, 4) is 0 Å². The largest absolute Gasteiger partial charge is 0.481 e. The van der Waals surface area contributed by atoms with Gasteiger partial charge < -0.3 is 10.0 Å². The molecular formula is C13H19NO2S.